The smallest absolute Gasteiger partial charge is 0.341 e. The van der Waals surface area contributed by atoms with Crippen molar-refractivity contribution in [2.24, 2.45) is 0 Å². The molecule has 1 aliphatic heterocycles. The Bertz CT molecular complexity index is 853. The van der Waals surface area contributed by atoms with Gasteiger partial charge in [0.25, 0.3) is 0 Å². The molecule has 1 aliphatic rings. The van der Waals surface area contributed by atoms with E-state index in [0.717, 1.165) is 21.9 Å². The minimum atomic E-state index is -1.23. The molecular formula is C18H12O3. The van der Waals surface area contributed by atoms with Gasteiger partial charge in [-0.2, -0.15) is 0 Å². The van der Waals surface area contributed by atoms with Crippen molar-refractivity contribution < 1.29 is 14.6 Å². The van der Waals surface area contributed by atoms with E-state index in [0.29, 0.717) is 11.1 Å². The van der Waals surface area contributed by atoms with Crippen LogP contribution >= 0.6 is 0 Å². The zero-order valence-electron chi connectivity index (χ0n) is 11.1. The van der Waals surface area contributed by atoms with Crippen LogP contribution in [0.5, 0.6) is 0 Å². The van der Waals surface area contributed by atoms with Gasteiger partial charge < -0.3 is 9.84 Å². The van der Waals surface area contributed by atoms with Crippen LogP contribution in [-0.4, -0.2) is 11.1 Å². The second-order valence-corrected chi connectivity index (χ2v) is 5.05. The number of esters is 1. The first-order chi connectivity index (χ1) is 10.3. The number of carbonyl (C=O) groups is 1. The second-order valence-electron chi connectivity index (χ2n) is 5.05. The predicted octanol–water partition coefficient (Wildman–Crippen LogP) is 3.67. The minimum Gasteiger partial charge on any atom is -0.428 e. The summed E-state index contributed by atoms with van der Waals surface area (Å²) < 4.78 is 5.08. The van der Waals surface area contributed by atoms with Crippen molar-refractivity contribution in [3.63, 3.8) is 0 Å². The van der Waals surface area contributed by atoms with Gasteiger partial charge >= 0.3 is 5.97 Å². The Kier molecular flexibility index (Phi) is 2.56. The summed E-state index contributed by atoms with van der Waals surface area (Å²) in [6, 6.07) is 19.2. The molecular weight excluding hydrogens is 264 g/mol. The van der Waals surface area contributed by atoms with Gasteiger partial charge in [0.2, 0.25) is 6.29 Å². The summed E-state index contributed by atoms with van der Waals surface area (Å²) in [4.78, 5) is 11.9. The van der Waals surface area contributed by atoms with Crippen molar-refractivity contribution in [1.82, 2.24) is 0 Å². The second kappa shape index (κ2) is 4.43. The molecule has 0 bridgehead atoms. The molecule has 3 aromatic rings. The van der Waals surface area contributed by atoms with E-state index in [1.165, 1.54) is 0 Å². The standard InChI is InChI=1S/C18H12O3/c19-17-14-8-4-7-12-9-10-13(11-5-2-1-3-6-11)16(15(12)14)18(20)21-17/h1-10,18,20H. The van der Waals surface area contributed by atoms with Crippen LogP contribution < -0.4 is 0 Å². The number of benzene rings is 3. The molecule has 0 saturated carbocycles. The number of rotatable bonds is 1. The lowest BCUT2D eigenvalue weighted by Crippen LogP contribution is -2.18. The molecule has 3 heteroatoms. The van der Waals surface area contributed by atoms with Gasteiger partial charge in [-0.15, -0.1) is 0 Å². The minimum absolute atomic E-state index is 0.481. The molecule has 3 nitrogen and oxygen atoms in total. The number of hydrogen-bond donors (Lipinski definition) is 1. The van der Waals surface area contributed by atoms with E-state index in [4.69, 9.17) is 4.74 Å². The highest BCUT2D eigenvalue weighted by atomic mass is 16.6. The molecule has 21 heavy (non-hydrogen) atoms. The van der Waals surface area contributed by atoms with Gasteiger partial charge in [0.15, 0.2) is 0 Å². The van der Waals surface area contributed by atoms with Crippen LogP contribution in [0.25, 0.3) is 21.9 Å². The maximum Gasteiger partial charge on any atom is 0.341 e. The Morgan fingerprint density at radius 1 is 0.857 bits per heavy atom. The molecule has 0 aromatic heterocycles. The van der Waals surface area contributed by atoms with Gasteiger partial charge in [-0.05, 0) is 22.6 Å². The van der Waals surface area contributed by atoms with Gasteiger partial charge in [0.1, 0.15) is 0 Å². The van der Waals surface area contributed by atoms with Crippen molar-refractivity contribution >= 4 is 16.7 Å². The average Bonchev–Trinajstić information content (AvgIpc) is 2.53. The number of cyclic esters (lactones) is 1. The summed E-state index contributed by atoms with van der Waals surface area (Å²) in [5.74, 6) is -0.481. The van der Waals surface area contributed by atoms with Crippen molar-refractivity contribution in [2.45, 2.75) is 6.29 Å². The third-order valence-electron chi connectivity index (χ3n) is 3.86. The fraction of sp³-hybridized carbons (Fsp3) is 0.0556. The van der Waals surface area contributed by atoms with Crippen LogP contribution in [0.3, 0.4) is 0 Å². The lowest BCUT2D eigenvalue weighted by atomic mass is 9.90. The number of ether oxygens (including phenoxy) is 1. The maximum absolute atomic E-state index is 11.9. The molecule has 1 heterocycles. The third-order valence-corrected chi connectivity index (χ3v) is 3.86. The first kappa shape index (κ1) is 12.1. The molecule has 4 rings (SSSR count). The molecule has 1 atom stereocenters. The van der Waals surface area contributed by atoms with Gasteiger partial charge in [-0.25, -0.2) is 4.79 Å². The molecule has 3 aromatic carbocycles. The van der Waals surface area contributed by atoms with Crippen molar-refractivity contribution in [1.29, 1.82) is 0 Å². The lowest BCUT2D eigenvalue weighted by molar-refractivity contribution is -0.0682. The van der Waals surface area contributed by atoms with Gasteiger partial charge in [-0.1, -0.05) is 54.6 Å². The predicted molar refractivity (Wildman–Crippen MR) is 79.8 cm³/mol. The van der Waals surface area contributed by atoms with Crippen LogP contribution in [0.15, 0.2) is 60.7 Å². The summed E-state index contributed by atoms with van der Waals surface area (Å²) in [6.45, 7) is 0. The summed E-state index contributed by atoms with van der Waals surface area (Å²) in [5, 5.41) is 12.0. The molecule has 102 valence electrons. The lowest BCUT2D eigenvalue weighted by Gasteiger charge is -2.24. The quantitative estimate of drug-likeness (QED) is 0.690. The molecule has 0 spiro atoms. The Hall–Kier alpha value is -2.65. The number of hydrogen-bond acceptors (Lipinski definition) is 3. The van der Waals surface area contributed by atoms with E-state index in [-0.39, 0.29) is 0 Å². The highest BCUT2D eigenvalue weighted by molar-refractivity contribution is 6.09. The van der Waals surface area contributed by atoms with E-state index in [2.05, 4.69) is 0 Å². The number of aliphatic hydroxyl groups excluding tert-OH is 1. The average molecular weight is 276 g/mol. The number of carbonyl (C=O) groups excluding carboxylic acids is 1. The zero-order chi connectivity index (χ0) is 14.4. The van der Waals surface area contributed by atoms with Gasteiger partial charge in [0.05, 0.1) is 5.56 Å². The fourth-order valence-electron chi connectivity index (χ4n) is 2.93. The zero-order valence-corrected chi connectivity index (χ0v) is 11.1. The molecule has 0 amide bonds. The largest absolute Gasteiger partial charge is 0.428 e. The van der Waals surface area contributed by atoms with Crippen LogP contribution in [0.4, 0.5) is 0 Å². The van der Waals surface area contributed by atoms with Crippen molar-refractivity contribution in [3.8, 4) is 11.1 Å². The van der Waals surface area contributed by atoms with Crippen molar-refractivity contribution in [2.75, 3.05) is 0 Å². The monoisotopic (exact) mass is 276 g/mol. The van der Waals surface area contributed by atoms with Crippen LogP contribution in [0.1, 0.15) is 22.2 Å². The Morgan fingerprint density at radius 2 is 1.67 bits per heavy atom. The van der Waals surface area contributed by atoms with E-state index < -0.39 is 12.3 Å². The molecule has 0 aliphatic carbocycles. The van der Waals surface area contributed by atoms with E-state index >= 15 is 0 Å². The van der Waals surface area contributed by atoms with Crippen molar-refractivity contribution in [3.05, 3.63) is 71.8 Å². The molecule has 0 fully saturated rings. The fourth-order valence-corrected chi connectivity index (χ4v) is 2.93. The summed E-state index contributed by atoms with van der Waals surface area (Å²) in [7, 11) is 0. The van der Waals surface area contributed by atoms with Crippen LogP contribution in [0, 0.1) is 0 Å². The van der Waals surface area contributed by atoms with Gasteiger partial charge in [-0.3, -0.25) is 0 Å². The van der Waals surface area contributed by atoms with Crippen LogP contribution in [0.2, 0.25) is 0 Å². The molecule has 1 N–H and O–H groups in total. The first-order valence-corrected chi connectivity index (χ1v) is 6.76. The molecule has 1 unspecified atom stereocenters. The van der Waals surface area contributed by atoms with E-state index in [1.54, 1.807) is 6.07 Å². The summed E-state index contributed by atoms with van der Waals surface area (Å²) >= 11 is 0. The highest BCUT2D eigenvalue weighted by Crippen LogP contribution is 2.40. The van der Waals surface area contributed by atoms with Crippen LogP contribution in [-0.2, 0) is 4.74 Å². The highest BCUT2D eigenvalue weighted by Gasteiger charge is 2.29. The Balaban J connectivity index is 2.13. The normalized spacial score (nSPS) is 16.8. The number of aliphatic hydroxyl groups is 1. The SMILES string of the molecule is O=C1OC(O)c2c(-c3ccccc3)ccc3cccc1c23. The van der Waals surface area contributed by atoms with E-state index in [9.17, 15) is 9.90 Å². The maximum atomic E-state index is 11.9. The Labute approximate surface area is 121 Å². The third kappa shape index (κ3) is 1.75. The summed E-state index contributed by atoms with van der Waals surface area (Å²) in [5.41, 5.74) is 3.04. The molecule has 0 radical (unpaired) electrons. The Morgan fingerprint density at radius 3 is 2.48 bits per heavy atom. The van der Waals surface area contributed by atoms with E-state index in [1.807, 2.05) is 54.6 Å². The first-order valence-electron chi connectivity index (χ1n) is 6.76. The molecule has 0 saturated heterocycles. The summed E-state index contributed by atoms with van der Waals surface area (Å²) in [6.07, 6.45) is -1.23. The van der Waals surface area contributed by atoms with Gasteiger partial charge in [0, 0.05) is 10.9 Å². The topological polar surface area (TPSA) is 46.5 Å².